The van der Waals surface area contributed by atoms with E-state index in [-0.39, 0.29) is 17.9 Å². The summed E-state index contributed by atoms with van der Waals surface area (Å²) >= 11 is 0. The number of carbonyl (C=O) groups excluding carboxylic acids is 1. The van der Waals surface area contributed by atoms with Gasteiger partial charge in [0.15, 0.2) is 0 Å². The summed E-state index contributed by atoms with van der Waals surface area (Å²) in [6, 6.07) is 9.81. The molecule has 1 saturated heterocycles. The smallest absolute Gasteiger partial charge is 0.311 e. The molecule has 2 aliphatic rings. The number of likely N-dealkylation sites (tertiary alicyclic amines) is 1. The van der Waals surface area contributed by atoms with Gasteiger partial charge in [0.05, 0.1) is 11.5 Å². The van der Waals surface area contributed by atoms with E-state index in [1.807, 2.05) is 49.2 Å². The van der Waals surface area contributed by atoms with E-state index in [1.165, 1.54) is 5.56 Å². The third kappa shape index (κ3) is 2.93. The van der Waals surface area contributed by atoms with Crippen molar-refractivity contribution in [3.05, 3.63) is 35.9 Å². The second-order valence-electron chi connectivity index (χ2n) is 7.35. The van der Waals surface area contributed by atoms with Crippen LogP contribution in [0.2, 0.25) is 0 Å². The molecule has 1 aliphatic heterocycles. The van der Waals surface area contributed by atoms with Crippen molar-refractivity contribution in [1.29, 1.82) is 0 Å². The van der Waals surface area contributed by atoms with Gasteiger partial charge < -0.3 is 10.0 Å². The average molecular weight is 330 g/mol. The molecule has 5 heteroatoms. The number of rotatable bonds is 5. The molecule has 1 unspecified atom stereocenters. The molecular formula is C19H26N2O3. The number of fused-ring (bicyclic) bond motifs is 1. The van der Waals surface area contributed by atoms with Crippen molar-refractivity contribution in [1.82, 2.24) is 9.80 Å². The fraction of sp³-hybridized carbons (Fsp3) is 0.579. The van der Waals surface area contributed by atoms with Gasteiger partial charge in [-0.3, -0.25) is 14.5 Å². The van der Waals surface area contributed by atoms with E-state index >= 15 is 0 Å². The summed E-state index contributed by atoms with van der Waals surface area (Å²) in [5.41, 5.74) is 0.466. The highest BCUT2D eigenvalue weighted by atomic mass is 16.4. The van der Waals surface area contributed by atoms with E-state index < -0.39 is 11.4 Å². The number of aliphatic carboxylic acids is 1. The molecule has 1 heterocycles. The van der Waals surface area contributed by atoms with Crippen molar-refractivity contribution in [3.8, 4) is 0 Å². The third-order valence-electron chi connectivity index (χ3n) is 5.90. The average Bonchev–Trinajstić information content (AvgIpc) is 3.12. The summed E-state index contributed by atoms with van der Waals surface area (Å²) < 4.78 is 0. The number of likely N-dealkylation sites (N-methyl/N-ethyl adjacent to an activating group) is 1. The number of carboxylic acids is 1. The van der Waals surface area contributed by atoms with Gasteiger partial charge in [0.1, 0.15) is 0 Å². The van der Waals surface area contributed by atoms with Crippen LogP contribution >= 0.6 is 0 Å². The molecule has 0 radical (unpaired) electrons. The highest BCUT2D eigenvalue weighted by molar-refractivity contribution is 5.84. The maximum Gasteiger partial charge on any atom is 0.311 e. The monoisotopic (exact) mass is 330 g/mol. The fourth-order valence-corrected chi connectivity index (χ4v) is 4.27. The van der Waals surface area contributed by atoms with Gasteiger partial charge in [-0.1, -0.05) is 36.8 Å². The number of amides is 1. The molecule has 1 aromatic carbocycles. The SMILES string of the molecule is CC(C(=O)N1C[C@@H]2CCC[C@@]2(C(=O)O)C1)N(C)Cc1ccccc1. The van der Waals surface area contributed by atoms with Crippen LogP contribution in [0.25, 0.3) is 0 Å². The van der Waals surface area contributed by atoms with Crippen LogP contribution in [0.15, 0.2) is 30.3 Å². The van der Waals surface area contributed by atoms with Crippen molar-refractivity contribution in [2.45, 2.75) is 38.8 Å². The summed E-state index contributed by atoms with van der Waals surface area (Å²) in [4.78, 5) is 28.4. The van der Waals surface area contributed by atoms with E-state index in [4.69, 9.17) is 0 Å². The highest BCUT2D eigenvalue weighted by Crippen LogP contribution is 2.49. The topological polar surface area (TPSA) is 60.9 Å². The van der Waals surface area contributed by atoms with Crippen molar-refractivity contribution in [2.24, 2.45) is 11.3 Å². The number of nitrogens with zero attached hydrogens (tertiary/aromatic N) is 2. The summed E-state index contributed by atoms with van der Waals surface area (Å²) in [5, 5.41) is 9.67. The van der Waals surface area contributed by atoms with Crippen LogP contribution in [0.4, 0.5) is 0 Å². The predicted molar refractivity (Wildman–Crippen MR) is 91.4 cm³/mol. The van der Waals surface area contributed by atoms with Gasteiger partial charge in [-0.2, -0.15) is 0 Å². The number of hydrogen-bond donors (Lipinski definition) is 1. The zero-order chi connectivity index (χ0) is 17.3. The normalized spacial score (nSPS) is 27.3. The summed E-state index contributed by atoms with van der Waals surface area (Å²) in [5.74, 6) is -0.570. The molecule has 5 nitrogen and oxygen atoms in total. The lowest BCUT2D eigenvalue weighted by Gasteiger charge is -2.29. The Bertz CT molecular complexity index is 618. The zero-order valence-corrected chi connectivity index (χ0v) is 14.4. The molecule has 1 saturated carbocycles. The van der Waals surface area contributed by atoms with Crippen molar-refractivity contribution >= 4 is 11.9 Å². The molecule has 3 atom stereocenters. The Morgan fingerprint density at radius 3 is 2.71 bits per heavy atom. The minimum atomic E-state index is -0.731. The van der Waals surface area contributed by atoms with E-state index in [1.54, 1.807) is 4.90 Å². The fourth-order valence-electron chi connectivity index (χ4n) is 4.27. The number of hydrogen-bond acceptors (Lipinski definition) is 3. The van der Waals surface area contributed by atoms with Crippen LogP contribution in [0.5, 0.6) is 0 Å². The Morgan fingerprint density at radius 1 is 1.38 bits per heavy atom. The first kappa shape index (κ1) is 17.0. The molecule has 1 aromatic rings. The maximum atomic E-state index is 12.9. The number of carboxylic acid groups (broad SMARTS) is 1. The van der Waals surface area contributed by atoms with E-state index in [0.29, 0.717) is 26.1 Å². The molecule has 1 aliphatic carbocycles. The zero-order valence-electron chi connectivity index (χ0n) is 14.4. The maximum absolute atomic E-state index is 12.9. The van der Waals surface area contributed by atoms with Gasteiger partial charge in [0.25, 0.3) is 0 Å². The summed E-state index contributed by atoms with van der Waals surface area (Å²) in [6.45, 7) is 3.58. The molecule has 3 rings (SSSR count). The standard InChI is InChI=1S/C19H26N2O3/c1-14(20(2)11-15-7-4-3-5-8-15)17(22)21-12-16-9-6-10-19(16,13-21)18(23)24/h3-5,7-8,14,16H,6,9-13H2,1-2H3,(H,23,24)/t14?,16-,19+/m0/s1. The second-order valence-corrected chi connectivity index (χ2v) is 7.35. The van der Waals surface area contributed by atoms with Crippen LogP contribution in [-0.2, 0) is 16.1 Å². The molecule has 2 fully saturated rings. The minimum Gasteiger partial charge on any atom is -0.481 e. The largest absolute Gasteiger partial charge is 0.481 e. The van der Waals surface area contributed by atoms with Crippen molar-refractivity contribution in [3.63, 3.8) is 0 Å². The van der Waals surface area contributed by atoms with Crippen molar-refractivity contribution in [2.75, 3.05) is 20.1 Å². The summed E-state index contributed by atoms with van der Waals surface area (Å²) in [7, 11) is 1.94. The quantitative estimate of drug-likeness (QED) is 0.899. The van der Waals surface area contributed by atoms with Crippen molar-refractivity contribution < 1.29 is 14.7 Å². The minimum absolute atomic E-state index is 0.0449. The van der Waals surface area contributed by atoms with Crippen LogP contribution in [0.1, 0.15) is 31.7 Å². The molecular weight excluding hydrogens is 304 g/mol. The molecule has 1 amide bonds. The second kappa shape index (κ2) is 6.55. The van der Waals surface area contributed by atoms with Gasteiger partial charge in [0, 0.05) is 19.6 Å². The first-order valence-electron chi connectivity index (χ1n) is 8.70. The number of benzene rings is 1. The first-order valence-corrected chi connectivity index (χ1v) is 8.70. The van der Waals surface area contributed by atoms with E-state index in [0.717, 1.165) is 12.8 Å². The van der Waals surface area contributed by atoms with Crippen LogP contribution in [0.3, 0.4) is 0 Å². The lowest BCUT2D eigenvalue weighted by molar-refractivity contribution is -0.149. The van der Waals surface area contributed by atoms with Gasteiger partial charge >= 0.3 is 5.97 Å². The molecule has 130 valence electrons. The predicted octanol–water partition coefficient (Wildman–Crippen LogP) is 2.22. The molecule has 1 N–H and O–H groups in total. The Morgan fingerprint density at radius 2 is 2.08 bits per heavy atom. The molecule has 0 aromatic heterocycles. The van der Waals surface area contributed by atoms with Crippen LogP contribution in [0, 0.1) is 11.3 Å². The highest BCUT2D eigenvalue weighted by Gasteiger charge is 2.56. The van der Waals surface area contributed by atoms with Crippen LogP contribution in [-0.4, -0.2) is 53.0 Å². The Hall–Kier alpha value is -1.88. The molecule has 0 spiro atoms. The number of carbonyl (C=O) groups is 2. The lowest BCUT2D eigenvalue weighted by Crippen LogP contribution is -2.46. The van der Waals surface area contributed by atoms with Gasteiger partial charge in [-0.15, -0.1) is 0 Å². The Kier molecular flexibility index (Phi) is 4.63. The van der Waals surface area contributed by atoms with Crippen LogP contribution < -0.4 is 0 Å². The Balaban J connectivity index is 1.65. The van der Waals surface area contributed by atoms with Gasteiger partial charge in [-0.05, 0) is 38.3 Å². The molecule has 24 heavy (non-hydrogen) atoms. The third-order valence-corrected chi connectivity index (χ3v) is 5.90. The van der Waals surface area contributed by atoms with E-state index in [9.17, 15) is 14.7 Å². The first-order chi connectivity index (χ1) is 11.4. The molecule has 0 bridgehead atoms. The van der Waals surface area contributed by atoms with E-state index in [2.05, 4.69) is 0 Å². The van der Waals surface area contributed by atoms with Gasteiger partial charge in [-0.25, -0.2) is 0 Å². The lowest BCUT2D eigenvalue weighted by atomic mass is 9.81. The Labute approximate surface area is 143 Å². The summed E-state index contributed by atoms with van der Waals surface area (Å²) in [6.07, 6.45) is 2.58. The van der Waals surface area contributed by atoms with Gasteiger partial charge in [0.2, 0.25) is 5.91 Å².